The van der Waals surface area contributed by atoms with E-state index >= 15 is 0 Å². The van der Waals surface area contributed by atoms with Gasteiger partial charge in [-0.3, -0.25) is 4.98 Å². The lowest BCUT2D eigenvalue weighted by Gasteiger charge is -2.05. The van der Waals surface area contributed by atoms with Gasteiger partial charge in [-0.05, 0) is 24.1 Å². The molecule has 0 bridgehead atoms. The molecule has 2 N–H and O–H groups in total. The third-order valence-electron chi connectivity index (χ3n) is 2.20. The zero-order valence-corrected chi connectivity index (χ0v) is 8.46. The summed E-state index contributed by atoms with van der Waals surface area (Å²) in [5, 5.41) is 2.90. The highest BCUT2D eigenvalue weighted by molar-refractivity contribution is 6.35. The molecule has 0 atom stereocenters. The molecule has 0 aliphatic rings. The Bertz CT molecular complexity index is 449. The van der Waals surface area contributed by atoms with Crippen molar-refractivity contribution in [3.63, 3.8) is 0 Å². The maximum atomic E-state index is 6.12. The summed E-state index contributed by atoms with van der Waals surface area (Å²) < 4.78 is 0. The van der Waals surface area contributed by atoms with E-state index in [1.54, 1.807) is 6.20 Å². The second kappa shape index (κ2) is 3.95. The number of nitrogens with zero attached hydrogens (tertiary/aromatic N) is 1. The van der Waals surface area contributed by atoms with Crippen LogP contribution in [0.1, 0.15) is 5.69 Å². The fourth-order valence-corrected chi connectivity index (χ4v) is 1.87. The predicted molar refractivity (Wildman–Crippen MR) is 59.5 cm³/mol. The molecule has 2 rings (SSSR count). The predicted octanol–water partition coefficient (Wildman–Crippen LogP) is 2.39. The minimum atomic E-state index is 0.595. The summed E-state index contributed by atoms with van der Waals surface area (Å²) in [5.41, 5.74) is 6.50. The largest absolute Gasteiger partial charge is 0.330 e. The standard InChI is InChI=1S/C11H11ClN2/c12-9-3-1-2-8-5-7-14-10(4-6-13)11(8)9/h1-3,5,7H,4,6,13H2. The van der Waals surface area contributed by atoms with Crippen molar-refractivity contribution in [1.29, 1.82) is 0 Å². The fourth-order valence-electron chi connectivity index (χ4n) is 1.58. The molecule has 0 aliphatic carbocycles. The highest BCUT2D eigenvalue weighted by Crippen LogP contribution is 2.25. The normalized spacial score (nSPS) is 10.7. The average Bonchev–Trinajstić information content (AvgIpc) is 2.19. The van der Waals surface area contributed by atoms with E-state index in [4.69, 9.17) is 17.3 Å². The maximum absolute atomic E-state index is 6.12. The van der Waals surface area contributed by atoms with Gasteiger partial charge in [-0.1, -0.05) is 23.7 Å². The van der Waals surface area contributed by atoms with Crippen LogP contribution in [0, 0.1) is 0 Å². The first kappa shape index (κ1) is 9.44. The molecule has 1 aromatic carbocycles. The molecule has 2 aromatic rings. The fraction of sp³-hybridized carbons (Fsp3) is 0.182. The van der Waals surface area contributed by atoms with Crippen molar-refractivity contribution in [2.45, 2.75) is 6.42 Å². The lowest BCUT2D eigenvalue weighted by atomic mass is 10.1. The number of aromatic nitrogens is 1. The number of pyridine rings is 1. The van der Waals surface area contributed by atoms with Gasteiger partial charge < -0.3 is 5.73 Å². The van der Waals surface area contributed by atoms with E-state index in [0.29, 0.717) is 6.54 Å². The van der Waals surface area contributed by atoms with E-state index < -0.39 is 0 Å². The van der Waals surface area contributed by atoms with Crippen LogP contribution in [0.2, 0.25) is 5.02 Å². The van der Waals surface area contributed by atoms with E-state index in [-0.39, 0.29) is 0 Å². The molecule has 0 spiro atoms. The third kappa shape index (κ3) is 1.59. The van der Waals surface area contributed by atoms with Crippen molar-refractivity contribution in [3.05, 3.63) is 41.2 Å². The van der Waals surface area contributed by atoms with Crippen molar-refractivity contribution in [2.24, 2.45) is 5.73 Å². The zero-order valence-electron chi connectivity index (χ0n) is 7.70. The van der Waals surface area contributed by atoms with Crippen molar-refractivity contribution in [1.82, 2.24) is 4.98 Å². The quantitative estimate of drug-likeness (QED) is 0.820. The van der Waals surface area contributed by atoms with Crippen LogP contribution in [-0.4, -0.2) is 11.5 Å². The van der Waals surface area contributed by atoms with E-state index in [1.807, 2.05) is 24.3 Å². The van der Waals surface area contributed by atoms with Gasteiger partial charge in [0, 0.05) is 18.0 Å². The minimum absolute atomic E-state index is 0.595. The van der Waals surface area contributed by atoms with Crippen LogP contribution in [0.25, 0.3) is 10.8 Å². The SMILES string of the molecule is NCCc1nccc2cccc(Cl)c12. The summed E-state index contributed by atoms with van der Waals surface area (Å²) in [5.74, 6) is 0. The summed E-state index contributed by atoms with van der Waals surface area (Å²) in [6.07, 6.45) is 2.56. The Labute approximate surface area is 87.7 Å². The maximum Gasteiger partial charge on any atom is 0.0509 e. The van der Waals surface area contributed by atoms with Gasteiger partial charge in [0.05, 0.1) is 10.7 Å². The molecule has 1 aromatic heterocycles. The zero-order chi connectivity index (χ0) is 9.97. The summed E-state index contributed by atoms with van der Waals surface area (Å²) in [6, 6.07) is 7.81. The monoisotopic (exact) mass is 206 g/mol. The molecule has 0 saturated carbocycles. The highest BCUT2D eigenvalue weighted by Gasteiger charge is 2.04. The molecule has 72 valence electrons. The smallest absolute Gasteiger partial charge is 0.0509 e. The minimum Gasteiger partial charge on any atom is -0.330 e. The molecule has 1 heterocycles. The first-order valence-electron chi connectivity index (χ1n) is 4.55. The second-order valence-corrected chi connectivity index (χ2v) is 3.54. The average molecular weight is 207 g/mol. The van der Waals surface area contributed by atoms with Crippen LogP contribution in [0.3, 0.4) is 0 Å². The topological polar surface area (TPSA) is 38.9 Å². The number of halogens is 1. The Balaban J connectivity index is 2.71. The number of fused-ring (bicyclic) bond motifs is 1. The number of hydrogen-bond donors (Lipinski definition) is 1. The van der Waals surface area contributed by atoms with Crippen LogP contribution in [-0.2, 0) is 6.42 Å². The second-order valence-electron chi connectivity index (χ2n) is 3.13. The van der Waals surface area contributed by atoms with Crippen LogP contribution < -0.4 is 5.73 Å². The van der Waals surface area contributed by atoms with Gasteiger partial charge in [-0.25, -0.2) is 0 Å². The number of benzene rings is 1. The molecule has 0 aliphatic heterocycles. The Morgan fingerprint density at radius 1 is 1.29 bits per heavy atom. The number of hydrogen-bond acceptors (Lipinski definition) is 2. The molecular weight excluding hydrogens is 196 g/mol. The van der Waals surface area contributed by atoms with Crippen LogP contribution >= 0.6 is 11.6 Å². The van der Waals surface area contributed by atoms with Crippen LogP contribution in [0.4, 0.5) is 0 Å². The Hall–Kier alpha value is -1.12. The molecule has 0 unspecified atom stereocenters. The van der Waals surface area contributed by atoms with Gasteiger partial charge in [0.2, 0.25) is 0 Å². The van der Waals surface area contributed by atoms with E-state index in [9.17, 15) is 0 Å². The molecule has 0 amide bonds. The Kier molecular flexibility index (Phi) is 2.66. The van der Waals surface area contributed by atoms with Gasteiger partial charge in [0.25, 0.3) is 0 Å². The molecule has 0 saturated heterocycles. The third-order valence-corrected chi connectivity index (χ3v) is 2.51. The van der Waals surface area contributed by atoms with E-state index in [1.165, 1.54) is 0 Å². The Morgan fingerprint density at radius 2 is 2.14 bits per heavy atom. The molecule has 3 heteroatoms. The summed E-state index contributed by atoms with van der Waals surface area (Å²) >= 11 is 6.12. The molecule has 2 nitrogen and oxygen atoms in total. The summed E-state index contributed by atoms with van der Waals surface area (Å²) in [7, 11) is 0. The van der Waals surface area contributed by atoms with Gasteiger partial charge in [-0.2, -0.15) is 0 Å². The van der Waals surface area contributed by atoms with Crippen LogP contribution in [0.15, 0.2) is 30.5 Å². The first-order chi connectivity index (χ1) is 6.83. The molecule has 0 fully saturated rings. The highest BCUT2D eigenvalue weighted by atomic mass is 35.5. The molecule has 0 radical (unpaired) electrons. The van der Waals surface area contributed by atoms with E-state index in [0.717, 1.165) is 27.9 Å². The van der Waals surface area contributed by atoms with Crippen molar-refractivity contribution >= 4 is 22.4 Å². The number of rotatable bonds is 2. The van der Waals surface area contributed by atoms with Gasteiger partial charge in [0.1, 0.15) is 0 Å². The first-order valence-corrected chi connectivity index (χ1v) is 4.93. The Morgan fingerprint density at radius 3 is 2.93 bits per heavy atom. The van der Waals surface area contributed by atoms with Crippen molar-refractivity contribution in [3.8, 4) is 0 Å². The van der Waals surface area contributed by atoms with E-state index in [2.05, 4.69) is 4.98 Å². The van der Waals surface area contributed by atoms with Gasteiger partial charge in [0.15, 0.2) is 0 Å². The number of nitrogens with two attached hydrogens (primary N) is 1. The lowest BCUT2D eigenvalue weighted by molar-refractivity contribution is 0.935. The molecule has 14 heavy (non-hydrogen) atoms. The van der Waals surface area contributed by atoms with Crippen molar-refractivity contribution in [2.75, 3.05) is 6.54 Å². The lowest BCUT2D eigenvalue weighted by Crippen LogP contribution is -2.04. The van der Waals surface area contributed by atoms with Gasteiger partial charge >= 0.3 is 0 Å². The van der Waals surface area contributed by atoms with Crippen molar-refractivity contribution < 1.29 is 0 Å². The molecular formula is C11H11ClN2. The summed E-state index contributed by atoms with van der Waals surface area (Å²) in [4.78, 5) is 4.29. The van der Waals surface area contributed by atoms with Crippen LogP contribution in [0.5, 0.6) is 0 Å². The van der Waals surface area contributed by atoms with Gasteiger partial charge in [-0.15, -0.1) is 0 Å². The summed E-state index contributed by atoms with van der Waals surface area (Å²) in [6.45, 7) is 0.595.